The highest BCUT2D eigenvalue weighted by Gasteiger charge is 2.22. The molecule has 4 rings (SSSR count). The predicted octanol–water partition coefficient (Wildman–Crippen LogP) is 5.72. The smallest absolute Gasteiger partial charge is 0.134 e. The van der Waals surface area contributed by atoms with Crippen molar-refractivity contribution in [3.05, 3.63) is 100 Å². The average molecular weight is 425 g/mol. The van der Waals surface area contributed by atoms with Crippen LogP contribution >= 0.6 is 27.7 Å². The Morgan fingerprint density at radius 2 is 1.69 bits per heavy atom. The van der Waals surface area contributed by atoms with E-state index in [1.165, 1.54) is 0 Å². The van der Waals surface area contributed by atoms with Crippen molar-refractivity contribution < 1.29 is 4.74 Å². The summed E-state index contributed by atoms with van der Waals surface area (Å²) in [4.78, 5) is 0. The van der Waals surface area contributed by atoms with Gasteiger partial charge in [0.25, 0.3) is 0 Å². The van der Waals surface area contributed by atoms with Gasteiger partial charge in [0.15, 0.2) is 0 Å². The van der Waals surface area contributed by atoms with E-state index in [1.807, 2.05) is 42.5 Å². The van der Waals surface area contributed by atoms with Gasteiger partial charge >= 0.3 is 0 Å². The Balaban J connectivity index is 1.42. The molecule has 3 aromatic carbocycles. The number of hydrogen-bond donors (Lipinski definition) is 1. The minimum Gasteiger partial charge on any atom is -0.488 e. The van der Waals surface area contributed by atoms with E-state index >= 15 is 0 Å². The summed E-state index contributed by atoms with van der Waals surface area (Å²) in [5.74, 6) is 0.838. The van der Waals surface area contributed by atoms with Crippen LogP contribution in [-0.4, -0.2) is 5.04 Å². The summed E-state index contributed by atoms with van der Waals surface area (Å²) in [7, 11) is 0. The molecule has 0 bridgehead atoms. The normalized spacial score (nSPS) is 16.0. The summed E-state index contributed by atoms with van der Waals surface area (Å²) in [5, 5.41) is 5.59. The first-order valence-corrected chi connectivity index (χ1v) is 9.98. The lowest BCUT2D eigenvalue weighted by Crippen LogP contribution is -2.06. The van der Waals surface area contributed by atoms with Gasteiger partial charge in [0.2, 0.25) is 0 Å². The van der Waals surface area contributed by atoms with Crippen LogP contribution in [0.1, 0.15) is 22.1 Å². The Bertz CT molecular complexity index is 916. The van der Waals surface area contributed by atoms with E-state index < -0.39 is 0 Å². The minimum absolute atomic E-state index is 0.102. The van der Waals surface area contributed by atoms with Crippen LogP contribution in [0.15, 0.2) is 88.4 Å². The lowest BCUT2D eigenvalue weighted by molar-refractivity contribution is 0.304. The van der Waals surface area contributed by atoms with Gasteiger partial charge in [0.05, 0.1) is 4.47 Å². The first kappa shape index (κ1) is 17.2. The molecule has 0 aliphatic carbocycles. The zero-order valence-corrected chi connectivity index (χ0v) is 16.3. The number of nitrogens with one attached hydrogen (secondary N) is 1. The van der Waals surface area contributed by atoms with Gasteiger partial charge < -0.3 is 4.74 Å². The average Bonchev–Trinajstić information content (AvgIpc) is 3.19. The molecule has 130 valence electrons. The SMILES string of the molecule is Brc1cc([C@H]2NN=C(c3ccccc3)S2)ccc1OCc1ccccc1. The summed E-state index contributed by atoms with van der Waals surface area (Å²) in [5.41, 5.74) is 6.66. The van der Waals surface area contributed by atoms with E-state index in [0.29, 0.717) is 6.61 Å². The number of ether oxygens (including phenoxy) is 1. The van der Waals surface area contributed by atoms with E-state index in [9.17, 15) is 0 Å². The first-order chi connectivity index (χ1) is 12.8. The molecule has 3 nitrogen and oxygen atoms in total. The van der Waals surface area contributed by atoms with Crippen LogP contribution < -0.4 is 10.2 Å². The van der Waals surface area contributed by atoms with Crippen molar-refractivity contribution in [3.8, 4) is 5.75 Å². The highest BCUT2D eigenvalue weighted by atomic mass is 79.9. The van der Waals surface area contributed by atoms with Crippen molar-refractivity contribution in [3.63, 3.8) is 0 Å². The third-order valence-corrected chi connectivity index (χ3v) is 5.81. The van der Waals surface area contributed by atoms with Gasteiger partial charge in [-0.25, -0.2) is 0 Å². The third kappa shape index (κ3) is 3.94. The van der Waals surface area contributed by atoms with E-state index in [2.05, 4.69) is 62.9 Å². The van der Waals surface area contributed by atoms with Gasteiger partial charge in [-0.15, -0.1) is 0 Å². The zero-order valence-electron chi connectivity index (χ0n) is 13.9. The fourth-order valence-electron chi connectivity index (χ4n) is 2.67. The van der Waals surface area contributed by atoms with Crippen molar-refractivity contribution in [2.45, 2.75) is 12.0 Å². The van der Waals surface area contributed by atoms with Crippen LogP contribution in [0.3, 0.4) is 0 Å². The molecule has 0 unspecified atom stereocenters. The molecule has 1 atom stereocenters. The molecule has 1 heterocycles. The highest BCUT2D eigenvalue weighted by Crippen LogP contribution is 2.37. The van der Waals surface area contributed by atoms with Gasteiger partial charge in [0.1, 0.15) is 22.8 Å². The monoisotopic (exact) mass is 424 g/mol. The van der Waals surface area contributed by atoms with Crippen LogP contribution in [0, 0.1) is 0 Å². The molecule has 1 aliphatic rings. The van der Waals surface area contributed by atoms with E-state index in [4.69, 9.17) is 4.74 Å². The summed E-state index contributed by atoms with van der Waals surface area (Å²) in [6, 6.07) is 26.6. The molecule has 3 aromatic rings. The highest BCUT2D eigenvalue weighted by molar-refractivity contribution is 9.10. The second kappa shape index (κ2) is 7.98. The molecular formula is C21H17BrN2OS. The van der Waals surface area contributed by atoms with Crippen molar-refractivity contribution >= 4 is 32.7 Å². The summed E-state index contributed by atoms with van der Waals surface area (Å²) < 4.78 is 6.87. The van der Waals surface area contributed by atoms with Crippen LogP contribution in [0.5, 0.6) is 5.75 Å². The van der Waals surface area contributed by atoms with Crippen LogP contribution in [-0.2, 0) is 6.61 Å². The number of hydrazone groups is 1. The largest absolute Gasteiger partial charge is 0.488 e. The predicted molar refractivity (Wildman–Crippen MR) is 111 cm³/mol. The maximum Gasteiger partial charge on any atom is 0.134 e. The van der Waals surface area contributed by atoms with Crippen molar-refractivity contribution in [1.82, 2.24) is 5.43 Å². The third-order valence-electron chi connectivity index (χ3n) is 4.03. The lowest BCUT2D eigenvalue weighted by Gasteiger charge is -2.13. The Labute approximate surface area is 165 Å². The zero-order chi connectivity index (χ0) is 17.8. The Morgan fingerprint density at radius 1 is 0.962 bits per heavy atom. The van der Waals surface area contributed by atoms with Crippen molar-refractivity contribution in [2.75, 3.05) is 0 Å². The quantitative estimate of drug-likeness (QED) is 0.567. The van der Waals surface area contributed by atoms with E-state index in [1.54, 1.807) is 11.8 Å². The fraction of sp³-hybridized carbons (Fsp3) is 0.0952. The summed E-state index contributed by atoms with van der Waals surface area (Å²) in [6.07, 6.45) is 0. The molecule has 0 spiro atoms. The van der Waals surface area contributed by atoms with Gasteiger partial charge in [-0.05, 0) is 39.2 Å². The van der Waals surface area contributed by atoms with Gasteiger partial charge in [-0.2, -0.15) is 5.10 Å². The van der Waals surface area contributed by atoms with E-state index in [-0.39, 0.29) is 5.37 Å². The fourth-order valence-corrected chi connectivity index (χ4v) is 4.17. The molecule has 1 N–H and O–H groups in total. The number of benzene rings is 3. The second-order valence-electron chi connectivity index (χ2n) is 5.87. The number of thioether (sulfide) groups is 1. The maximum absolute atomic E-state index is 5.93. The van der Waals surface area contributed by atoms with Crippen molar-refractivity contribution in [2.24, 2.45) is 5.10 Å². The van der Waals surface area contributed by atoms with Gasteiger partial charge in [-0.3, -0.25) is 5.43 Å². The molecule has 0 aromatic heterocycles. The lowest BCUT2D eigenvalue weighted by atomic mass is 10.2. The Morgan fingerprint density at radius 3 is 2.42 bits per heavy atom. The van der Waals surface area contributed by atoms with Gasteiger partial charge in [-0.1, -0.05) is 78.5 Å². The van der Waals surface area contributed by atoms with Crippen molar-refractivity contribution in [1.29, 1.82) is 0 Å². The summed E-state index contributed by atoms with van der Waals surface area (Å²) >= 11 is 5.35. The Kier molecular flexibility index (Phi) is 5.27. The molecule has 0 amide bonds. The maximum atomic E-state index is 5.93. The molecule has 0 saturated carbocycles. The van der Waals surface area contributed by atoms with Gasteiger partial charge in [0, 0.05) is 5.56 Å². The Hall–Kier alpha value is -2.24. The standard InChI is InChI=1S/C21H17BrN2OS/c22-18-13-17(11-12-19(18)25-14-15-7-3-1-4-8-15)21-24-23-20(26-21)16-9-5-2-6-10-16/h1-13,21,24H,14H2/t21-/m0/s1. The van der Waals surface area contributed by atoms with E-state index in [0.717, 1.165) is 32.0 Å². The van der Waals surface area contributed by atoms with Crippen LogP contribution in [0.25, 0.3) is 0 Å². The second-order valence-corrected chi connectivity index (χ2v) is 7.82. The number of nitrogens with zero attached hydrogens (tertiary/aromatic N) is 1. The number of rotatable bonds is 5. The molecule has 0 saturated heterocycles. The molecule has 0 radical (unpaired) electrons. The topological polar surface area (TPSA) is 33.6 Å². The molecule has 0 fully saturated rings. The number of hydrogen-bond acceptors (Lipinski definition) is 4. The summed E-state index contributed by atoms with van der Waals surface area (Å²) in [6.45, 7) is 0.552. The molecule has 1 aliphatic heterocycles. The number of halogens is 1. The van der Waals surface area contributed by atoms with Crippen LogP contribution in [0.4, 0.5) is 0 Å². The first-order valence-electron chi connectivity index (χ1n) is 8.31. The molecule has 5 heteroatoms. The molecular weight excluding hydrogens is 408 g/mol. The molecule has 26 heavy (non-hydrogen) atoms. The minimum atomic E-state index is 0.102. The van der Waals surface area contributed by atoms with Crippen LogP contribution in [0.2, 0.25) is 0 Å².